The zero-order valence-corrected chi connectivity index (χ0v) is 21.4. The SMILES string of the molecule is COC(=O)NC(C(=O)N1CCC(Oc2cc(-c3ccccc3)nc3cc(OC)ccc23)C1)C(C)(C)C. The summed E-state index contributed by atoms with van der Waals surface area (Å²) in [6.07, 6.45) is -0.131. The van der Waals surface area contributed by atoms with Gasteiger partial charge in [-0.25, -0.2) is 9.78 Å². The molecule has 0 saturated carbocycles. The first-order valence-corrected chi connectivity index (χ1v) is 12.0. The quantitative estimate of drug-likeness (QED) is 0.539. The standard InChI is InChI=1S/C28H33N3O5/c1-28(2,3)25(30-27(33)35-5)26(32)31-14-13-20(17-31)36-24-16-22(18-9-7-6-8-10-18)29-23-15-19(34-4)11-12-21(23)24/h6-12,15-16,20,25H,13-14,17H2,1-5H3,(H,30,33). The largest absolute Gasteiger partial charge is 0.497 e. The molecule has 0 aliphatic carbocycles. The van der Waals surface area contributed by atoms with Gasteiger partial charge in [-0.05, 0) is 17.5 Å². The van der Waals surface area contributed by atoms with Crippen molar-refractivity contribution < 1.29 is 23.8 Å². The van der Waals surface area contributed by atoms with Crippen LogP contribution in [0.3, 0.4) is 0 Å². The van der Waals surface area contributed by atoms with Crippen molar-refractivity contribution in [1.82, 2.24) is 15.2 Å². The molecule has 0 bridgehead atoms. The first kappa shape index (κ1) is 25.3. The van der Waals surface area contributed by atoms with E-state index < -0.39 is 17.6 Å². The number of likely N-dealkylation sites (tertiary alicyclic amines) is 1. The number of alkyl carbamates (subject to hydrolysis) is 1. The highest BCUT2D eigenvalue weighted by Crippen LogP contribution is 2.34. The van der Waals surface area contributed by atoms with E-state index in [2.05, 4.69) is 5.32 Å². The van der Waals surface area contributed by atoms with Crippen LogP contribution in [0.4, 0.5) is 4.79 Å². The minimum atomic E-state index is -0.706. The van der Waals surface area contributed by atoms with Crippen molar-refractivity contribution >= 4 is 22.9 Å². The topological polar surface area (TPSA) is 90.0 Å². The molecule has 2 heterocycles. The first-order chi connectivity index (χ1) is 17.2. The normalized spacial score (nSPS) is 16.5. The van der Waals surface area contributed by atoms with Gasteiger partial charge in [0.2, 0.25) is 5.91 Å². The smallest absolute Gasteiger partial charge is 0.407 e. The van der Waals surface area contributed by atoms with E-state index in [-0.39, 0.29) is 12.0 Å². The molecule has 8 heteroatoms. The van der Waals surface area contributed by atoms with Crippen molar-refractivity contribution in [3.8, 4) is 22.8 Å². The van der Waals surface area contributed by atoms with Crippen molar-refractivity contribution in [1.29, 1.82) is 0 Å². The van der Waals surface area contributed by atoms with Gasteiger partial charge in [-0.2, -0.15) is 0 Å². The summed E-state index contributed by atoms with van der Waals surface area (Å²) in [6, 6.07) is 16.9. The number of ether oxygens (including phenoxy) is 3. The summed E-state index contributed by atoms with van der Waals surface area (Å²) in [7, 11) is 2.92. The highest BCUT2D eigenvalue weighted by Gasteiger charge is 2.39. The average molecular weight is 492 g/mol. The molecule has 2 unspecified atom stereocenters. The number of pyridine rings is 1. The molecule has 1 aliphatic heterocycles. The number of methoxy groups -OCH3 is 2. The zero-order chi connectivity index (χ0) is 25.9. The Labute approximate surface area is 211 Å². The number of benzene rings is 2. The van der Waals surface area contributed by atoms with Crippen LogP contribution in [0.1, 0.15) is 27.2 Å². The molecule has 4 rings (SSSR count). The van der Waals surface area contributed by atoms with E-state index in [1.54, 1.807) is 12.0 Å². The van der Waals surface area contributed by atoms with Gasteiger partial charge in [0.05, 0.1) is 32.0 Å². The van der Waals surface area contributed by atoms with Gasteiger partial charge in [0.1, 0.15) is 23.6 Å². The first-order valence-electron chi connectivity index (χ1n) is 12.0. The molecule has 1 fully saturated rings. The highest BCUT2D eigenvalue weighted by atomic mass is 16.5. The van der Waals surface area contributed by atoms with Crippen LogP contribution in [-0.4, -0.2) is 61.3 Å². The fourth-order valence-electron chi connectivity index (χ4n) is 4.37. The second-order valence-electron chi connectivity index (χ2n) is 10.0. The molecular formula is C28H33N3O5. The van der Waals surface area contributed by atoms with E-state index in [0.717, 1.165) is 27.9 Å². The molecule has 1 aliphatic rings. The Hall–Kier alpha value is -3.81. The van der Waals surface area contributed by atoms with Crippen molar-refractivity contribution in [3.05, 3.63) is 54.6 Å². The minimum Gasteiger partial charge on any atom is -0.497 e. The monoisotopic (exact) mass is 491 g/mol. The number of rotatable bonds is 6. The van der Waals surface area contributed by atoms with Crippen molar-refractivity contribution in [2.24, 2.45) is 5.41 Å². The molecule has 1 N–H and O–H groups in total. The van der Waals surface area contributed by atoms with Crippen LogP contribution in [0.25, 0.3) is 22.2 Å². The summed E-state index contributed by atoms with van der Waals surface area (Å²) in [5, 5.41) is 3.57. The second kappa shape index (κ2) is 10.4. The maximum absolute atomic E-state index is 13.3. The van der Waals surface area contributed by atoms with E-state index in [9.17, 15) is 9.59 Å². The number of carbonyl (C=O) groups is 2. The van der Waals surface area contributed by atoms with E-state index in [4.69, 9.17) is 19.2 Å². The van der Waals surface area contributed by atoms with Gasteiger partial charge >= 0.3 is 6.09 Å². The molecule has 1 aromatic heterocycles. The Balaban J connectivity index is 1.58. The number of hydrogen-bond donors (Lipinski definition) is 1. The molecule has 0 radical (unpaired) electrons. The van der Waals surface area contributed by atoms with Gasteiger partial charge in [-0.1, -0.05) is 51.1 Å². The van der Waals surface area contributed by atoms with Gasteiger partial charge in [-0.3, -0.25) is 4.79 Å². The highest BCUT2D eigenvalue weighted by molar-refractivity contribution is 5.89. The Morgan fingerprint density at radius 2 is 1.83 bits per heavy atom. The lowest BCUT2D eigenvalue weighted by Crippen LogP contribution is -2.54. The van der Waals surface area contributed by atoms with Crippen LogP contribution in [0.15, 0.2) is 54.6 Å². The molecule has 1 saturated heterocycles. The summed E-state index contributed by atoms with van der Waals surface area (Å²) >= 11 is 0. The van der Waals surface area contributed by atoms with Gasteiger partial charge in [-0.15, -0.1) is 0 Å². The van der Waals surface area contributed by atoms with Crippen molar-refractivity contribution in [2.45, 2.75) is 39.3 Å². The van der Waals surface area contributed by atoms with Crippen molar-refractivity contribution in [3.63, 3.8) is 0 Å². The summed E-state index contributed by atoms with van der Waals surface area (Å²) in [5.74, 6) is 1.28. The van der Waals surface area contributed by atoms with Crippen LogP contribution < -0.4 is 14.8 Å². The van der Waals surface area contributed by atoms with E-state index in [1.807, 2.05) is 75.4 Å². The van der Waals surface area contributed by atoms with E-state index >= 15 is 0 Å². The summed E-state index contributed by atoms with van der Waals surface area (Å²) in [4.78, 5) is 31.8. The lowest BCUT2D eigenvalue weighted by molar-refractivity contribution is -0.135. The number of amides is 2. The molecule has 36 heavy (non-hydrogen) atoms. The maximum atomic E-state index is 13.3. The number of fused-ring (bicyclic) bond motifs is 1. The number of hydrogen-bond acceptors (Lipinski definition) is 6. The fraction of sp³-hybridized carbons (Fsp3) is 0.393. The molecule has 2 aromatic carbocycles. The Morgan fingerprint density at radius 3 is 2.50 bits per heavy atom. The van der Waals surface area contributed by atoms with Crippen LogP contribution in [0.5, 0.6) is 11.5 Å². The van der Waals surface area contributed by atoms with Gasteiger partial charge in [0.25, 0.3) is 0 Å². The lowest BCUT2D eigenvalue weighted by atomic mass is 9.86. The second-order valence-corrected chi connectivity index (χ2v) is 10.0. The van der Waals surface area contributed by atoms with Gasteiger partial charge in [0, 0.05) is 36.0 Å². The number of nitrogens with zero attached hydrogens (tertiary/aromatic N) is 2. The molecule has 190 valence electrons. The third-order valence-electron chi connectivity index (χ3n) is 6.36. The van der Waals surface area contributed by atoms with Crippen LogP contribution in [0, 0.1) is 5.41 Å². The predicted octanol–water partition coefficient (Wildman–Crippen LogP) is 4.66. The molecule has 2 atom stereocenters. The summed E-state index contributed by atoms with van der Waals surface area (Å²) in [5.41, 5.74) is 2.08. The zero-order valence-electron chi connectivity index (χ0n) is 21.4. The molecule has 0 spiro atoms. The summed E-state index contributed by atoms with van der Waals surface area (Å²) in [6.45, 7) is 6.71. The summed E-state index contributed by atoms with van der Waals surface area (Å²) < 4.78 is 16.6. The number of nitrogens with one attached hydrogen (secondary N) is 1. The van der Waals surface area contributed by atoms with E-state index in [1.165, 1.54) is 7.11 Å². The third kappa shape index (κ3) is 5.53. The van der Waals surface area contributed by atoms with Gasteiger partial charge in [0.15, 0.2) is 0 Å². The van der Waals surface area contributed by atoms with Crippen LogP contribution in [-0.2, 0) is 9.53 Å². The predicted molar refractivity (Wildman–Crippen MR) is 138 cm³/mol. The maximum Gasteiger partial charge on any atom is 0.407 e. The fourth-order valence-corrected chi connectivity index (χ4v) is 4.37. The lowest BCUT2D eigenvalue weighted by Gasteiger charge is -2.33. The van der Waals surface area contributed by atoms with Gasteiger partial charge < -0.3 is 24.4 Å². The average Bonchev–Trinajstić information content (AvgIpc) is 3.34. The van der Waals surface area contributed by atoms with E-state index in [0.29, 0.717) is 25.3 Å². The minimum absolute atomic E-state index is 0.145. The Kier molecular flexibility index (Phi) is 7.33. The number of carbonyl (C=O) groups excluding carboxylic acids is 2. The van der Waals surface area contributed by atoms with Crippen LogP contribution in [0.2, 0.25) is 0 Å². The molecule has 8 nitrogen and oxygen atoms in total. The van der Waals surface area contributed by atoms with Crippen molar-refractivity contribution in [2.75, 3.05) is 27.3 Å². The third-order valence-corrected chi connectivity index (χ3v) is 6.36. The Morgan fingerprint density at radius 1 is 1.08 bits per heavy atom. The van der Waals surface area contributed by atoms with Crippen LogP contribution >= 0.6 is 0 Å². The molecule has 2 amide bonds. The Bertz CT molecular complexity index is 1240. The molecule has 3 aromatic rings. The number of aromatic nitrogens is 1. The molecular weight excluding hydrogens is 458 g/mol.